The van der Waals surface area contributed by atoms with Crippen molar-refractivity contribution in [3.05, 3.63) is 64.2 Å². The molecule has 0 radical (unpaired) electrons. The number of hydrogen-bond acceptors (Lipinski definition) is 5. The molecule has 6 heteroatoms. The Labute approximate surface area is 164 Å². The summed E-state index contributed by atoms with van der Waals surface area (Å²) in [5.74, 6) is 1.56. The van der Waals surface area contributed by atoms with Crippen molar-refractivity contribution < 1.29 is 4.74 Å². The van der Waals surface area contributed by atoms with Crippen LogP contribution in [0.25, 0.3) is 21.3 Å². The van der Waals surface area contributed by atoms with Crippen molar-refractivity contribution in [1.29, 1.82) is 0 Å². The van der Waals surface area contributed by atoms with Gasteiger partial charge in [0.2, 0.25) is 0 Å². The van der Waals surface area contributed by atoms with Gasteiger partial charge in [0.1, 0.15) is 22.7 Å². The molecule has 2 aromatic carbocycles. The minimum absolute atomic E-state index is 0.776. The molecule has 0 saturated carbocycles. The predicted molar refractivity (Wildman–Crippen MR) is 112 cm³/mol. The third-order valence-corrected chi connectivity index (χ3v) is 5.55. The number of benzene rings is 2. The molecule has 1 N–H and O–H groups in total. The Morgan fingerprint density at radius 2 is 1.88 bits per heavy atom. The summed E-state index contributed by atoms with van der Waals surface area (Å²) < 4.78 is 6.54. The summed E-state index contributed by atoms with van der Waals surface area (Å²) in [5, 5.41) is 6.58. The summed E-state index contributed by atoms with van der Waals surface area (Å²) in [6, 6.07) is 14.3. The number of anilines is 2. The number of nitrogens with zero attached hydrogens (tertiary/aromatic N) is 2. The van der Waals surface area contributed by atoms with Gasteiger partial charge in [-0.05, 0) is 42.3 Å². The van der Waals surface area contributed by atoms with Crippen molar-refractivity contribution in [2.45, 2.75) is 6.92 Å². The van der Waals surface area contributed by atoms with Gasteiger partial charge in [0, 0.05) is 15.4 Å². The maximum Gasteiger partial charge on any atom is 0.143 e. The lowest BCUT2D eigenvalue weighted by atomic mass is 10.1. The Hall–Kier alpha value is -2.44. The molecule has 0 bridgehead atoms. The SMILES string of the molecule is COc1ccc(C)cc1Nc1ncnc2scc(-c3ccc(Br)cc3)c12. The fraction of sp³-hybridized carbons (Fsp3) is 0.100. The first-order chi connectivity index (χ1) is 12.7. The smallest absolute Gasteiger partial charge is 0.143 e. The van der Waals surface area contributed by atoms with Gasteiger partial charge in [-0.15, -0.1) is 11.3 Å². The fourth-order valence-electron chi connectivity index (χ4n) is 2.86. The Bertz CT molecular complexity index is 1080. The second-order valence-corrected chi connectivity index (χ2v) is 7.66. The molecule has 0 amide bonds. The van der Waals surface area contributed by atoms with Crippen LogP contribution in [0.3, 0.4) is 0 Å². The molecule has 0 aliphatic heterocycles. The molecule has 4 rings (SSSR count). The first kappa shape index (κ1) is 17.0. The van der Waals surface area contributed by atoms with Gasteiger partial charge in [-0.25, -0.2) is 9.97 Å². The average Bonchev–Trinajstić information content (AvgIpc) is 3.08. The molecule has 0 aliphatic rings. The van der Waals surface area contributed by atoms with E-state index in [1.165, 1.54) is 0 Å². The van der Waals surface area contributed by atoms with Crippen LogP contribution in [0.15, 0.2) is 58.6 Å². The van der Waals surface area contributed by atoms with Crippen LogP contribution in [0, 0.1) is 6.92 Å². The Balaban J connectivity index is 1.85. The molecule has 0 saturated heterocycles. The highest BCUT2D eigenvalue weighted by Gasteiger charge is 2.14. The molecular formula is C20H16BrN3OS. The van der Waals surface area contributed by atoms with E-state index in [0.29, 0.717) is 0 Å². The monoisotopic (exact) mass is 425 g/mol. The molecule has 130 valence electrons. The molecule has 0 fully saturated rings. The number of nitrogens with one attached hydrogen (secondary N) is 1. The fourth-order valence-corrected chi connectivity index (χ4v) is 4.04. The summed E-state index contributed by atoms with van der Waals surface area (Å²) >= 11 is 5.11. The van der Waals surface area contributed by atoms with Gasteiger partial charge in [0.15, 0.2) is 0 Å². The number of aromatic nitrogens is 2. The van der Waals surface area contributed by atoms with Gasteiger partial charge in [0.25, 0.3) is 0 Å². The van der Waals surface area contributed by atoms with Crippen molar-refractivity contribution in [3.8, 4) is 16.9 Å². The Morgan fingerprint density at radius 3 is 2.65 bits per heavy atom. The minimum Gasteiger partial charge on any atom is -0.495 e. The van der Waals surface area contributed by atoms with Crippen molar-refractivity contribution >= 4 is 49.0 Å². The van der Waals surface area contributed by atoms with Crippen LogP contribution in [0.1, 0.15) is 5.56 Å². The lowest BCUT2D eigenvalue weighted by Crippen LogP contribution is -1.98. The van der Waals surface area contributed by atoms with E-state index in [9.17, 15) is 0 Å². The van der Waals surface area contributed by atoms with Crippen molar-refractivity contribution in [2.24, 2.45) is 0 Å². The van der Waals surface area contributed by atoms with Gasteiger partial charge < -0.3 is 10.1 Å². The zero-order valence-electron chi connectivity index (χ0n) is 14.3. The Kier molecular flexibility index (Phi) is 4.61. The molecule has 26 heavy (non-hydrogen) atoms. The molecular weight excluding hydrogens is 410 g/mol. The number of halogens is 1. The maximum absolute atomic E-state index is 5.49. The standard InChI is InChI=1S/C20H16BrN3OS/c1-12-3-8-17(25-2)16(9-12)24-19-18-15(10-26-20(18)23-11-22-19)13-4-6-14(21)7-5-13/h3-11H,1-2H3,(H,22,23,24). The zero-order chi connectivity index (χ0) is 18.1. The second-order valence-electron chi connectivity index (χ2n) is 5.89. The molecule has 4 aromatic rings. The van der Waals surface area contributed by atoms with Gasteiger partial charge in [-0.3, -0.25) is 0 Å². The minimum atomic E-state index is 0.776. The van der Waals surface area contributed by atoms with Gasteiger partial charge in [-0.2, -0.15) is 0 Å². The van der Waals surface area contributed by atoms with E-state index < -0.39 is 0 Å². The van der Waals surface area contributed by atoms with Gasteiger partial charge in [0.05, 0.1) is 18.2 Å². The maximum atomic E-state index is 5.49. The van der Waals surface area contributed by atoms with E-state index in [1.807, 2.05) is 24.3 Å². The molecule has 2 heterocycles. The summed E-state index contributed by atoms with van der Waals surface area (Å²) in [4.78, 5) is 9.89. The van der Waals surface area contributed by atoms with E-state index in [2.05, 4.69) is 61.7 Å². The van der Waals surface area contributed by atoms with E-state index in [-0.39, 0.29) is 0 Å². The quantitative estimate of drug-likeness (QED) is 0.423. The summed E-state index contributed by atoms with van der Waals surface area (Å²) in [5.41, 5.74) is 4.29. The normalized spacial score (nSPS) is 10.9. The molecule has 0 spiro atoms. The molecule has 0 unspecified atom stereocenters. The lowest BCUT2D eigenvalue weighted by Gasteiger charge is -2.13. The predicted octanol–water partition coefficient (Wildman–Crippen LogP) is 6.18. The van der Waals surface area contributed by atoms with Crippen molar-refractivity contribution in [2.75, 3.05) is 12.4 Å². The highest BCUT2D eigenvalue weighted by molar-refractivity contribution is 9.10. The first-order valence-corrected chi connectivity index (χ1v) is 9.73. The summed E-state index contributed by atoms with van der Waals surface area (Å²) in [6.07, 6.45) is 1.59. The zero-order valence-corrected chi connectivity index (χ0v) is 16.7. The van der Waals surface area contributed by atoms with Crippen LogP contribution >= 0.6 is 27.3 Å². The highest BCUT2D eigenvalue weighted by atomic mass is 79.9. The van der Waals surface area contributed by atoms with E-state index in [4.69, 9.17) is 4.74 Å². The molecule has 4 nitrogen and oxygen atoms in total. The van der Waals surface area contributed by atoms with Gasteiger partial charge in [-0.1, -0.05) is 34.1 Å². The first-order valence-electron chi connectivity index (χ1n) is 8.05. The molecule has 0 aliphatic carbocycles. The van der Waals surface area contributed by atoms with Gasteiger partial charge >= 0.3 is 0 Å². The van der Waals surface area contributed by atoms with Crippen LogP contribution in [0.4, 0.5) is 11.5 Å². The number of hydrogen-bond donors (Lipinski definition) is 1. The number of aryl methyl sites for hydroxylation is 1. The number of thiophene rings is 1. The average molecular weight is 426 g/mol. The Morgan fingerprint density at radius 1 is 1.08 bits per heavy atom. The van der Waals surface area contributed by atoms with Crippen molar-refractivity contribution in [1.82, 2.24) is 9.97 Å². The summed E-state index contributed by atoms with van der Waals surface area (Å²) in [7, 11) is 1.67. The summed E-state index contributed by atoms with van der Waals surface area (Å²) in [6.45, 7) is 2.05. The van der Waals surface area contributed by atoms with Crippen LogP contribution in [0.5, 0.6) is 5.75 Å². The highest BCUT2D eigenvalue weighted by Crippen LogP contribution is 2.39. The lowest BCUT2D eigenvalue weighted by molar-refractivity contribution is 0.416. The number of ether oxygens (including phenoxy) is 1. The van der Waals surface area contributed by atoms with Crippen LogP contribution in [-0.4, -0.2) is 17.1 Å². The molecule has 2 aromatic heterocycles. The second kappa shape index (κ2) is 7.05. The van der Waals surface area contributed by atoms with Crippen LogP contribution in [0.2, 0.25) is 0 Å². The number of fused-ring (bicyclic) bond motifs is 1. The molecule has 0 atom stereocenters. The van der Waals surface area contributed by atoms with E-state index in [0.717, 1.165) is 48.6 Å². The third-order valence-electron chi connectivity index (χ3n) is 4.13. The number of methoxy groups -OCH3 is 1. The number of rotatable bonds is 4. The van der Waals surface area contributed by atoms with Crippen LogP contribution < -0.4 is 10.1 Å². The largest absolute Gasteiger partial charge is 0.495 e. The van der Waals surface area contributed by atoms with E-state index in [1.54, 1.807) is 24.8 Å². The van der Waals surface area contributed by atoms with E-state index >= 15 is 0 Å². The third kappa shape index (κ3) is 3.18. The van der Waals surface area contributed by atoms with Crippen LogP contribution in [-0.2, 0) is 0 Å². The topological polar surface area (TPSA) is 47.0 Å². The van der Waals surface area contributed by atoms with Crippen molar-refractivity contribution in [3.63, 3.8) is 0 Å².